The van der Waals surface area contributed by atoms with Gasteiger partial charge in [-0.25, -0.2) is 4.79 Å². The lowest BCUT2D eigenvalue weighted by atomic mass is 9.98. The minimum atomic E-state index is -1.92. The van der Waals surface area contributed by atoms with Crippen LogP contribution in [0.4, 0.5) is 0 Å². The number of carbonyl (C=O) groups excluding carboxylic acids is 3. The van der Waals surface area contributed by atoms with Gasteiger partial charge in [-0.15, -0.1) is 0 Å². The maximum atomic E-state index is 13.1. The number of unbranched alkanes of at least 4 members (excludes halogenated alkanes) is 21. The monoisotopic (exact) mass is 1050 g/mol. The van der Waals surface area contributed by atoms with Crippen molar-refractivity contribution in [2.24, 2.45) is 0 Å². The molecule has 0 amide bonds. The molecule has 0 aromatic rings. The van der Waals surface area contributed by atoms with Gasteiger partial charge in [0.05, 0.1) is 6.61 Å². The molecule has 1 aliphatic rings. The fourth-order valence-corrected chi connectivity index (χ4v) is 8.41. The Bertz CT molecular complexity index is 1630. The Morgan fingerprint density at radius 1 is 0.453 bits per heavy atom. The zero-order chi connectivity index (χ0) is 54.7. The molecule has 1 heterocycles. The first-order valence-electron chi connectivity index (χ1n) is 29.6. The molecular weight excluding hydrogens is 949 g/mol. The Morgan fingerprint density at radius 3 is 1.40 bits per heavy atom. The van der Waals surface area contributed by atoms with Gasteiger partial charge in [-0.3, -0.25) is 14.4 Å². The Labute approximate surface area is 454 Å². The highest BCUT2D eigenvalue weighted by Crippen LogP contribution is 2.26. The maximum absolute atomic E-state index is 13.1. The summed E-state index contributed by atoms with van der Waals surface area (Å²) < 4.78 is 28.3. The number of carboxylic acids is 1. The van der Waals surface area contributed by atoms with E-state index in [2.05, 4.69) is 93.7 Å². The summed E-state index contributed by atoms with van der Waals surface area (Å²) in [6.45, 7) is 5.73. The number of esters is 3. The summed E-state index contributed by atoms with van der Waals surface area (Å²) in [5.41, 5.74) is 0. The van der Waals surface area contributed by atoms with Gasteiger partial charge in [-0.2, -0.15) is 0 Å². The van der Waals surface area contributed by atoms with Crippen LogP contribution in [0.25, 0.3) is 0 Å². The molecule has 0 spiro atoms. The molecule has 12 nitrogen and oxygen atoms in total. The zero-order valence-electron chi connectivity index (χ0n) is 47.0. The van der Waals surface area contributed by atoms with Crippen molar-refractivity contribution in [1.82, 2.24) is 0 Å². The summed E-state index contributed by atoms with van der Waals surface area (Å²) in [6, 6.07) is 0. The third-order valence-corrected chi connectivity index (χ3v) is 12.9. The summed E-state index contributed by atoms with van der Waals surface area (Å²) in [4.78, 5) is 51.0. The number of aliphatic hydroxyl groups excluding tert-OH is 2. The third kappa shape index (κ3) is 40.8. The lowest BCUT2D eigenvalue weighted by molar-refractivity contribution is -0.301. The highest BCUT2D eigenvalue weighted by Gasteiger charge is 2.50. The summed E-state index contributed by atoms with van der Waals surface area (Å²) >= 11 is 0. The van der Waals surface area contributed by atoms with E-state index in [9.17, 15) is 34.5 Å². The van der Waals surface area contributed by atoms with E-state index in [0.717, 1.165) is 109 Å². The van der Waals surface area contributed by atoms with E-state index in [0.29, 0.717) is 19.3 Å². The average molecular weight is 1050 g/mol. The van der Waals surface area contributed by atoms with Crippen molar-refractivity contribution in [3.63, 3.8) is 0 Å². The van der Waals surface area contributed by atoms with Gasteiger partial charge in [0.15, 0.2) is 24.6 Å². The van der Waals surface area contributed by atoms with Crippen molar-refractivity contribution in [2.45, 2.75) is 276 Å². The van der Waals surface area contributed by atoms with Crippen LogP contribution >= 0.6 is 0 Å². The van der Waals surface area contributed by atoms with Crippen LogP contribution in [0.3, 0.4) is 0 Å². The highest BCUT2D eigenvalue weighted by atomic mass is 16.7. The van der Waals surface area contributed by atoms with Crippen molar-refractivity contribution in [3.05, 3.63) is 85.1 Å². The Balaban J connectivity index is 2.70. The van der Waals surface area contributed by atoms with E-state index in [-0.39, 0.29) is 25.9 Å². The minimum absolute atomic E-state index is 0.0475. The third-order valence-electron chi connectivity index (χ3n) is 12.9. The number of rotatable bonds is 49. The van der Waals surface area contributed by atoms with Crippen molar-refractivity contribution in [1.29, 1.82) is 0 Å². The molecule has 428 valence electrons. The topological polar surface area (TPSA) is 175 Å². The van der Waals surface area contributed by atoms with Gasteiger partial charge in [0.1, 0.15) is 18.8 Å². The molecule has 0 bridgehead atoms. The van der Waals surface area contributed by atoms with E-state index < -0.39 is 67.3 Å². The van der Waals surface area contributed by atoms with E-state index in [1.807, 2.05) is 12.2 Å². The maximum Gasteiger partial charge on any atom is 0.335 e. The second kappa shape index (κ2) is 50.7. The molecular formula is C63H104O12. The molecule has 6 unspecified atom stereocenters. The van der Waals surface area contributed by atoms with Gasteiger partial charge >= 0.3 is 23.9 Å². The van der Waals surface area contributed by atoms with Crippen molar-refractivity contribution in [3.8, 4) is 0 Å². The molecule has 12 heteroatoms. The largest absolute Gasteiger partial charge is 0.479 e. The molecule has 6 atom stereocenters. The van der Waals surface area contributed by atoms with Crippen LogP contribution in [-0.2, 0) is 42.9 Å². The van der Waals surface area contributed by atoms with Crippen LogP contribution in [0.2, 0.25) is 0 Å². The van der Waals surface area contributed by atoms with Crippen LogP contribution in [-0.4, -0.2) is 89.2 Å². The first-order chi connectivity index (χ1) is 36.6. The first-order valence-corrected chi connectivity index (χ1v) is 29.6. The van der Waals surface area contributed by atoms with E-state index in [4.69, 9.17) is 23.7 Å². The number of ether oxygens (including phenoxy) is 5. The summed E-state index contributed by atoms with van der Waals surface area (Å²) in [5, 5.41) is 31.5. The number of carboxylic acid groups (broad SMARTS) is 1. The molecule has 0 aliphatic carbocycles. The quantitative estimate of drug-likeness (QED) is 0.0228. The molecule has 0 aromatic carbocycles. The van der Waals surface area contributed by atoms with E-state index in [1.165, 1.54) is 70.6 Å². The number of allylic oxidation sites excluding steroid dienone is 14. The lowest BCUT2D eigenvalue weighted by Gasteiger charge is -2.40. The predicted molar refractivity (Wildman–Crippen MR) is 303 cm³/mol. The second-order valence-electron chi connectivity index (χ2n) is 19.9. The summed E-state index contributed by atoms with van der Waals surface area (Å²) in [7, 11) is 0. The van der Waals surface area contributed by atoms with Crippen molar-refractivity contribution < 1.29 is 58.2 Å². The fraction of sp³-hybridized carbons (Fsp3) is 0.714. The zero-order valence-corrected chi connectivity index (χ0v) is 47.0. The van der Waals surface area contributed by atoms with Gasteiger partial charge in [0.2, 0.25) is 0 Å². The predicted octanol–water partition coefficient (Wildman–Crippen LogP) is 15.1. The van der Waals surface area contributed by atoms with Gasteiger partial charge in [0.25, 0.3) is 0 Å². The standard InChI is InChI=1S/C63H104O12/c1-4-7-10-13-16-19-22-25-26-27-28-29-30-33-36-39-42-45-48-51-57(66)74-61-59(68)58(67)60(62(69)70)75-63(61)72-53-54(73-56(65)50-47-44-41-38-35-32-24-21-18-15-12-9-6-3)52-71-55(64)49-46-43-40-37-34-31-23-20-17-14-11-8-5-2/h8,11-12,15,17,20-21,24-26,31,34,40,43,54,58-61,63,67-68H,4-7,9-10,13-14,16,18-19,22-23,27-30,32-33,35-39,41-42,44-53H2,1-3H3,(H,69,70)/b11-8-,15-12-,20-17-,24-21-,26-25-,34-31-,43-40-. The number of carbonyl (C=O) groups is 4. The lowest BCUT2D eigenvalue weighted by Crippen LogP contribution is -2.61. The molecule has 1 saturated heterocycles. The second-order valence-corrected chi connectivity index (χ2v) is 19.9. The fourth-order valence-electron chi connectivity index (χ4n) is 8.41. The molecule has 3 N–H and O–H groups in total. The first kappa shape index (κ1) is 68.9. The van der Waals surface area contributed by atoms with Gasteiger partial charge in [-0.05, 0) is 96.3 Å². The smallest absolute Gasteiger partial charge is 0.335 e. The van der Waals surface area contributed by atoms with Crippen LogP contribution in [0, 0.1) is 0 Å². The SMILES string of the molecule is CC/C=C\C/C=C\C/C=C\C/C=C\CCC(=O)OCC(COC1OC(C(=O)O)C(O)C(O)C1OC(=O)CCCCCCCCCCC/C=C\CCCCCCCC)OC(=O)CCCCCCC/C=C\C/C=C\CCC. The molecule has 0 aromatic heterocycles. The molecule has 75 heavy (non-hydrogen) atoms. The van der Waals surface area contributed by atoms with Crippen molar-refractivity contribution in [2.75, 3.05) is 13.2 Å². The Morgan fingerprint density at radius 2 is 0.893 bits per heavy atom. The number of hydrogen-bond acceptors (Lipinski definition) is 11. The van der Waals surface area contributed by atoms with Crippen LogP contribution in [0.15, 0.2) is 85.1 Å². The van der Waals surface area contributed by atoms with Crippen LogP contribution in [0.5, 0.6) is 0 Å². The van der Waals surface area contributed by atoms with Crippen LogP contribution in [0.1, 0.15) is 239 Å². The van der Waals surface area contributed by atoms with Gasteiger partial charge in [0, 0.05) is 19.3 Å². The number of aliphatic hydroxyl groups is 2. The number of aliphatic carboxylic acids is 1. The van der Waals surface area contributed by atoms with E-state index >= 15 is 0 Å². The van der Waals surface area contributed by atoms with E-state index in [1.54, 1.807) is 0 Å². The Hall–Kier alpha value is -4.10. The average Bonchev–Trinajstić information content (AvgIpc) is 3.39. The molecule has 0 radical (unpaired) electrons. The number of hydrogen-bond donors (Lipinski definition) is 3. The molecule has 1 aliphatic heterocycles. The molecule has 1 rings (SSSR count). The summed E-state index contributed by atoms with van der Waals surface area (Å²) in [5.74, 6) is -3.25. The normalized spacial score (nSPS) is 18.8. The Kier molecular flexibility index (Phi) is 46.6. The molecule has 1 fully saturated rings. The minimum Gasteiger partial charge on any atom is -0.479 e. The summed E-state index contributed by atoms with van der Waals surface area (Å²) in [6.07, 6.45) is 52.9. The van der Waals surface area contributed by atoms with Gasteiger partial charge < -0.3 is 39.0 Å². The van der Waals surface area contributed by atoms with Gasteiger partial charge in [-0.1, -0.05) is 209 Å². The molecule has 0 saturated carbocycles. The highest BCUT2D eigenvalue weighted by molar-refractivity contribution is 5.74. The van der Waals surface area contributed by atoms with Crippen molar-refractivity contribution >= 4 is 23.9 Å². The van der Waals surface area contributed by atoms with Crippen LogP contribution < -0.4 is 0 Å².